The molecule has 32 heavy (non-hydrogen) atoms. The third-order valence-electron chi connectivity index (χ3n) is 8.56. The number of nitrogens with zero attached hydrogens (tertiary/aromatic N) is 1. The molecule has 1 amide bonds. The summed E-state index contributed by atoms with van der Waals surface area (Å²) in [7, 11) is 1.85. The van der Waals surface area contributed by atoms with Gasteiger partial charge in [0.1, 0.15) is 6.29 Å². The second-order valence-electron chi connectivity index (χ2n) is 10.7. The van der Waals surface area contributed by atoms with E-state index in [4.69, 9.17) is 4.74 Å². The van der Waals surface area contributed by atoms with Crippen LogP contribution in [-0.2, 0) is 9.53 Å². The summed E-state index contributed by atoms with van der Waals surface area (Å²) in [4.78, 5) is 15.1. The molecule has 2 heterocycles. The van der Waals surface area contributed by atoms with Gasteiger partial charge in [-0.2, -0.15) is 0 Å². The Morgan fingerprint density at radius 2 is 1.59 bits per heavy atom. The fourth-order valence-electron chi connectivity index (χ4n) is 6.35. The van der Waals surface area contributed by atoms with Crippen molar-refractivity contribution in [3.05, 3.63) is 0 Å². The zero-order valence-electron chi connectivity index (χ0n) is 20.2. The van der Waals surface area contributed by atoms with Gasteiger partial charge in [-0.25, -0.2) is 0 Å². The molecule has 4 N–H and O–H groups in total. The van der Waals surface area contributed by atoms with E-state index >= 15 is 0 Å². The Morgan fingerprint density at radius 1 is 0.906 bits per heavy atom. The largest absolute Gasteiger partial charge is 0.381 e. The van der Waals surface area contributed by atoms with Crippen LogP contribution in [0, 0.1) is 17.8 Å². The molecule has 7 nitrogen and oxygen atoms in total. The summed E-state index contributed by atoms with van der Waals surface area (Å²) in [5.41, 5.74) is 0. The van der Waals surface area contributed by atoms with Gasteiger partial charge in [0.2, 0.25) is 5.91 Å². The van der Waals surface area contributed by atoms with E-state index in [0.29, 0.717) is 12.1 Å². The van der Waals surface area contributed by atoms with Gasteiger partial charge in [0, 0.05) is 45.2 Å². The molecule has 7 heteroatoms. The normalized spacial score (nSPS) is 37.2. The van der Waals surface area contributed by atoms with Crippen molar-refractivity contribution < 1.29 is 9.53 Å². The van der Waals surface area contributed by atoms with Gasteiger partial charge in [-0.1, -0.05) is 6.42 Å². The number of rotatable bonds is 8. The maximum Gasteiger partial charge on any atom is 0.223 e. The number of likely N-dealkylation sites (tertiary alicyclic amines) is 1. The standard InChI is InChI=1S/C25H47N5O2/c1-32-23-11-7-19(8-12-23)21-17-27-25(28-18-21)29-22-9-5-20(6-10-22)24(31)26-13-16-30-14-3-2-4-15-30/h19-23,25,27-29H,2-18H2,1H3,(H,26,31). The van der Waals surface area contributed by atoms with E-state index in [1.54, 1.807) is 0 Å². The Labute approximate surface area is 195 Å². The lowest BCUT2D eigenvalue weighted by atomic mass is 9.78. The lowest BCUT2D eigenvalue weighted by Crippen LogP contribution is -2.63. The number of piperidine rings is 1. The first-order chi connectivity index (χ1) is 15.7. The van der Waals surface area contributed by atoms with Crippen LogP contribution >= 0.6 is 0 Å². The monoisotopic (exact) mass is 449 g/mol. The second-order valence-corrected chi connectivity index (χ2v) is 10.7. The van der Waals surface area contributed by atoms with Gasteiger partial charge in [0.25, 0.3) is 0 Å². The first-order valence-electron chi connectivity index (χ1n) is 13.5. The highest BCUT2D eigenvalue weighted by Crippen LogP contribution is 2.32. The molecule has 0 unspecified atom stereocenters. The fraction of sp³-hybridized carbons (Fsp3) is 0.960. The van der Waals surface area contributed by atoms with E-state index in [1.165, 1.54) is 58.0 Å². The van der Waals surface area contributed by atoms with Crippen LogP contribution in [-0.4, -0.2) is 75.6 Å². The lowest BCUT2D eigenvalue weighted by Gasteiger charge is -2.40. The SMILES string of the molecule is COC1CCC(C2CNC(NC3CCC(C(=O)NCCN4CCCCC4)CC3)NC2)CC1. The van der Waals surface area contributed by atoms with Gasteiger partial charge in [0.15, 0.2) is 0 Å². The average molecular weight is 450 g/mol. The zero-order valence-corrected chi connectivity index (χ0v) is 20.2. The minimum absolute atomic E-state index is 0.202. The molecule has 2 aliphatic heterocycles. The molecule has 0 aromatic rings. The Bertz CT molecular complexity index is 547. The number of methoxy groups -OCH3 is 1. The van der Waals surface area contributed by atoms with E-state index < -0.39 is 0 Å². The van der Waals surface area contributed by atoms with Crippen LogP contribution in [0.1, 0.15) is 70.6 Å². The van der Waals surface area contributed by atoms with Crippen molar-refractivity contribution in [2.75, 3.05) is 46.4 Å². The minimum atomic E-state index is 0.202. The molecule has 0 aromatic carbocycles. The molecule has 4 aliphatic rings. The third-order valence-corrected chi connectivity index (χ3v) is 8.56. The van der Waals surface area contributed by atoms with E-state index in [2.05, 4.69) is 26.2 Å². The van der Waals surface area contributed by atoms with Crippen molar-refractivity contribution in [2.45, 2.75) is 89.1 Å². The second kappa shape index (κ2) is 12.7. The van der Waals surface area contributed by atoms with Gasteiger partial charge < -0.3 is 15.0 Å². The van der Waals surface area contributed by atoms with Crippen molar-refractivity contribution in [1.29, 1.82) is 0 Å². The molecule has 0 radical (unpaired) electrons. The van der Waals surface area contributed by atoms with Crippen molar-refractivity contribution in [2.24, 2.45) is 17.8 Å². The molecule has 0 bridgehead atoms. The van der Waals surface area contributed by atoms with Crippen molar-refractivity contribution >= 4 is 5.91 Å². The van der Waals surface area contributed by atoms with Crippen molar-refractivity contribution in [3.63, 3.8) is 0 Å². The van der Waals surface area contributed by atoms with E-state index in [-0.39, 0.29) is 18.1 Å². The zero-order chi connectivity index (χ0) is 22.2. The average Bonchev–Trinajstić information content (AvgIpc) is 2.86. The van der Waals surface area contributed by atoms with Crippen LogP contribution < -0.4 is 21.3 Å². The van der Waals surface area contributed by atoms with Crippen LogP contribution in [0.2, 0.25) is 0 Å². The van der Waals surface area contributed by atoms with Crippen molar-refractivity contribution in [3.8, 4) is 0 Å². The third kappa shape index (κ3) is 7.13. The molecule has 4 rings (SSSR count). The molecular weight excluding hydrogens is 402 g/mol. The summed E-state index contributed by atoms with van der Waals surface area (Å²) in [6.45, 7) is 6.42. The number of amides is 1. The summed E-state index contributed by atoms with van der Waals surface area (Å²) in [6.07, 6.45) is 13.9. The lowest BCUT2D eigenvalue weighted by molar-refractivity contribution is -0.126. The number of carbonyl (C=O) groups excluding carboxylic acids is 1. The Hall–Kier alpha value is -0.730. The first kappa shape index (κ1) is 24.4. The topological polar surface area (TPSA) is 77.7 Å². The summed E-state index contributed by atoms with van der Waals surface area (Å²) in [6, 6.07) is 0.506. The molecule has 0 spiro atoms. The van der Waals surface area contributed by atoms with E-state index in [1.807, 2.05) is 7.11 Å². The number of carbonyl (C=O) groups is 1. The molecule has 2 saturated carbocycles. The smallest absolute Gasteiger partial charge is 0.223 e. The minimum Gasteiger partial charge on any atom is -0.381 e. The maximum atomic E-state index is 12.6. The van der Waals surface area contributed by atoms with Crippen molar-refractivity contribution in [1.82, 2.24) is 26.2 Å². The van der Waals surface area contributed by atoms with E-state index in [9.17, 15) is 4.79 Å². The van der Waals surface area contributed by atoms with Crippen LogP contribution in [0.5, 0.6) is 0 Å². The highest BCUT2D eigenvalue weighted by Gasteiger charge is 2.32. The maximum absolute atomic E-state index is 12.6. The molecule has 2 aliphatic carbocycles. The molecule has 184 valence electrons. The number of nitrogens with one attached hydrogen (secondary N) is 4. The van der Waals surface area contributed by atoms with Crippen LogP contribution in [0.3, 0.4) is 0 Å². The van der Waals surface area contributed by atoms with Gasteiger partial charge in [-0.05, 0) is 89.1 Å². The Balaban J connectivity index is 1.07. The van der Waals surface area contributed by atoms with Gasteiger partial charge in [-0.3, -0.25) is 20.7 Å². The quantitative estimate of drug-likeness (QED) is 0.454. The summed E-state index contributed by atoms with van der Waals surface area (Å²) in [5, 5.41) is 14.4. The van der Waals surface area contributed by atoms with Gasteiger partial charge >= 0.3 is 0 Å². The Kier molecular flexibility index (Phi) is 9.65. The van der Waals surface area contributed by atoms with Crippen LogP contribution in [0.4, 0.5) is 0 Å². The van der Waals surface area contributed by atoms with Gasteiger partial charge in [0.05, 0.1) is 6.10 Å². The molecule has 4 fully saturated rings. The summed E-state index contributed by atoms with van der Waals surface area (Å²) < 4.78 is 5.53. The fourth-order valence-corrected chi connectivity index (χ4v) is 6.35. The van der Waals surface area contributed by atoms with E-state index in [0.717, 1.165) is 63.7 Å². The highest BCUT2D eigenvalue weighted by molar-refractivity contribution is 5.78. The Morgan fingerprint density at radius 3 is 2.25 bits per heavy atom. The first-order valence-corrected chi connectivity index (χ1v) is 13.5. The number of hydrogen-bond acceptors (Lipinski definition) is 6. The molecule has 0 aromatic heterocycles. The predicted octanol–water partition coefficient (Wildman–Crippen LogP) is 2.03. The van der Waals surface area contributed by atoms with Crippen LogP contribution in [0.25, 0.3) is 0 Å². The number of hydrogen-bond donors (Lipinski definition) is 4. The highest BCUT2D eigenvalue weighted by atomic mass is 16.5. The molecule has 2 saturated heterocycles. The van der Waals surface area contributed by atoms with Crippen LogP contribution in [0.15, 0.2) is 0 Å². The predicted molar refractivity (Wildman–Crippen MR) is 128 cm³/mol. The number of ether oxygens (including phenoxy) is 1. The molecule has 0 atom stereocenters. The molecular formula is C25H47N5O2. The summed E-state index contributed by atoms with van der Waals surface area (Å²) >= 11 is 0. The summed E-state index contributed by atoms with van der Waals surface area (Å²) in [5.74, 6) is 2.04. The van der Waals surface area contributed by atoms with Gasteiger partial charge in [-0.15, -0.1) is 0 Å².